The molecule has 5 rings (SSSR count). The molecule has 2 aromatic carbocycles. The summed E-state index contributed by atoms with van der Waals surface area (Å²) in [5, 5.41) is 11.8. The van der Waals surface area contributed by atoms with Crippen LogP contribution in [0.25, 0.3) is 10.9 Å². The summed E-state index contributed by atoms with van der Waals surface area (Å²) >= 11 is 0. The van der Waals surface area contributed by atoms with Gasteiger partial charge in [0.25, 0.3) is 0 Å². The average molecular weight is 512 g/mol. The summed E-state index contributed by atoms with van der Waals surface area (Å²) < 4.78 is 5.51. The topological polar surface area (TPSA) is 94.1 Å². The van der Waals surface area contributed by atoms with E-state index in [1.54, 1.807) is 17.3 Å². The lowest BCUT2D eigenvalue weighted by molar-refractivity contribution is 0.0240. The van der Waals surface area contributed by atoms with Crippen molar-refractivity contribution in [1.29, 1.82) is 0 Å². The molecule has 1 amide bonds. The number of fused-ring (bicyclic) bond motifs is 1. The van der Waals surface area contributed by atoms with Gasteiger partial charge in [-0.2, -0.15) is 0 Å². The van der Waals surface area contributed by atoms with Gasteiger partial charge in [-0.1, -0.05) is 12.1 Å². The zero-order valence-corrected chi connectivity index (χ0v) is 22.2. The van der Waals surface area contributed by atoms with Gasteiger partial charge in [-0.15, -0.1) is 0 Å². The van der Waals surface area contributed by atoms with Crippen molar-refractivity contribution in [3.8, 4) is 5.88 Å². The van der Waals surface area contributed by atoms with Crippen molar-refractivity contribution in [2.75, 3.05) is 31.1 Å². The van der Waals surface area contributed by atoms with Crippen LogP contribution in [0.2, 0.25) is 0 Å². The average Bonchev–Trinajstić information content (AvgIpc) is 3.21. The molecule has 0 radical (unpaired) electrons. The lowest BCUT2D eigenvalue weighted by Gasteiger charge is -2.36. The van der Waals surface area contributed by atoms with E-state index in [2.05, 4.69) is 14.9 Å². The number of aliphatic imine (C=N–C) groups is 1. The molecule has 0 saturated carbocycles. The second-order valence-electron chi connectivity index (χ2n) is 10.6. The number of nitrogens with one attached hydrogen (secondary N) is 1. The van der Waals surface area contributed by atoms with Crippen LogP contribution in [0.4, 0.5) is 16.2 Å². The lowest BCUT2D eigenvalue weighted by Crippen LogP contribution is -2.50. The third-order valence-electron chi connectivity index (χ3n) is 6.49. The van der Waals surface area contributed by atoms with Gasteiger partial charge < -0.3 is 24.6 Å². The highest BCUT2D eigenvalue weighted by atomic mass is 16.6. The van der Waals surface area contributed by atoms with Crippen LogP contribution in [0.1, 0.15) is 37.5 Å². The summed E-state index contributed by atoms with van der Waals surface area (Å²) in [6, 6.07) is 17.9. The maximum Gasteiger partial charge on any atom is 0.410 e. The van der Waals surface area contributed by atoms with Crippen molar-refractivity contribution in [2.24, 2.45) is 4.99 Å². The molecule has 1 fully saturated rings. The first-order valence-corrected chi connectivity index (χ1v) is 12.8. The number of benzene rings is 2. The molecule has 2 aromatic heterocycles. The predicted molar refractivity (Wildman–Crippen MR) is 151 cm³/mol. The number of anilines is 1. The van der Waals surface area contributed by atoms with E-state index in [1.165, 1.54) is 0 Å². The molecule has 0 atom stereocenters. The standard InChI is InChI=1S/C30H33N5O3/c1-20-7-12-24-25(18-20)33-28(36)26(24)27(21-6-5-13-31-19-21)32-22-8-10-23(11-9-22)34-14-16-35(17-15-34)29(37)38-30(2,3)4/h5-13,18-19,33,36H,14-17H2,1-4H3. The molecule has 1 aliphatic heterocycles. The fourth-order valence-corrected chi connectivity index (χ4v) is 4.65. The molecule has 1 aliphatic rings. The van der Waals surface area contributed by atoms with E-state index in [1.807, 2.05) is 82.3 Å². The first kappa shape index (κ1) is 25.3. The summed E-state index contributed by atoms with van der Waals surface area (Å²) in [7, 11) is 0. The monoisotopic (exact) mass is 511 g/mol. The molecule has 0 spiro atoms. The molecule has 38 heavy (non-hydrogen) atoms. The summed E-state index contributed by atoms with van der Waals surface area (Å²) in [5.74, 6) is 0.0766. The minimum absolute atomic E-state index is 0.0766. The summed E-state index contributed by atoms with van der Waals surface area (Å²) in [6.07, 6.45) is 3.21. The first-order valence-electron chi connectivity index (χ1n) is 12.8. The van der Waals surface area contributed by atoms with Crippen LogP contribution in [0.3, 0.4) is 0 Å². The van der Waals surface area contributed by atoms with Crippen molar-refractivity contribution in [3.63, 3.8) is 0 Å². The Bertz CT molecular complexity index is 1460. The van der Waals surface area contributed by atoms with E-state index in [-0.39, 0.29) is 12.0 Å². The number of aromatic hydroxyl groups is 1. The van der Waals surface area contributed by atoms with E-state index in [9.17, 15) is 9.90 Å². The van der Waals surface area contributed by atoms with Gasteiger partial charge in [-0.05, 0) is 75.7 Å². The Labute approximate surface area is 222 Å². The van der Waals surface area contributed by atoms with Crippen molar-refractivity contribution in [2.45, 2.75) is 33.3 Å². The Hall–Kier alpha value is -4.33. The molecule has 8 nitrogen and oxygen atoms in total. The van der Waals surface area contributed by atoms with Crippen LogP contribution in [0.5, 0.6) is 5.88 Å². The number of aromatic nitrogens is 2. The zero-order chi connectivity index (χ0) is 26.9. The van der Waals surface area contributed by atoms with Crippen LogP contribution >= 0.6 is 0 Å². The molecule has 4 aromatic rings. The number of nitrogens with zero attached hydrogens (tertiary/aromatic N) is 4. The number of piperazine rings is 1. The molecule has 0 aliphatic carbocycles. The van der Waals surface area contributed by atoms with Crippen molar-refractivity contribution in [1.82, 2.24) is 14.9 Å². The maximum atomic E-state index is 12.4. The number of aryl methyl sites for hydroxylation is 1. The van der Waals surface area contributed by atoms with Gasteiger partial charge in [-0.3, -0.25) is 4.98 Å². The Morgan fingerprint density at radius 3 is 2.45 bits per heavy atom. The zero-order valence-electron chi connectivity index (χ0n) is 22.2. The number of carbonyl (C=O) groups is 1. The second kappa shape index (κ2) is 10.2. The molecule has 2 N–H and O–H groups in total. The van der Waals surface area contributed by atoms with E-state index in [4.69, 9.17) is 9.73 Å². The number of H-pyrrole nitrogens is 1. The first-order chi connectivity index (χ1) is 18.2. The van der Waals surface area contributed by atoms with Crippen LogP contribution in [0, 0.1) is 6.92 Å². The third-order valence-corrected chi connectivity index (χ3v) is 6.49. The van der Waals surface area contributed by atoms with E-state index >= 15 is 0 Å². The van der Waals surface area contributed by atoms with E-state index in [0.29, 0.717) is 24.4 Å². The Balaban J connectivity index is 1.39. The molecule has 8 heteroatoms. The van der Waals surface area contributed by atoms with Crippen LogP contribution in [-0.2, 0) is 4.74 Å². The van der Waals surface area contributed by atoms with Crippen molar-refractivity contribution in [3.05, 3.63) is 83.7 Å². The van der Waals surface area contributed by atoms with Gasteiger partial charge >= 0.3 is 6.09 Å². The number of ether oxygens (including phenoxy) is 1. The molecule has 196 valence electrons. The van der Waals surface area contributed by atoms with Gasteiger partial charge in [0.15, 0.2) is 5.88 Å². The van der Waals surface area contributed by atoms with Gasteiger partial charge in [0.1, 0.15) is 5.60 Å². The molecule has 1 saturated heterocycles. The highest BCUT2D eigenvalue weighted by Gasteiger charge is 2.26. The fraction of sp³-hybridized carbons (Fsp3) is 0.300. The molecular formula is C30H33N5O3. The van der Waals surface area contributed by atoms with Crippen LogP contribution < -0.4 is 4.90 Å². The van der Waals surface area contributed by atoms with Crippen molar-refractivity contribution >= 4 is 34.1 Å². The van der Waals surface area contributed by atoms with E-state index < -0.39 is 5.60 Å². The minimum Gasteiger partial charge on any atom is -0.494 e. The summed E-state index contributed by atoms with van der Waals surface area (Å²) in [4.78, 5) is 28.7. The van der Waals surface area contributed by atoms with Gasteiger partial charge in [0.05, 0.1) is 17.0 Å². The van der Waals surface area contributed by atoms with Gasteiger partial charge in [-0.25, -0.2) is 9.79 Å². The minimum atomic E-state index is -0.498. The van der Waals surface area contributed by atoms with Crippen LogP contribution in [-0.4, -0.2) is 63.6 Å². The predicted octanol–water partition coefficient (Wildman–Crippen LogP) is 5.80. The number of hydrogen-bond acceptors (Lipinski definition) is 6. The second-order valence-corrected chi connectivity index (χ2v) is 10.6. The van der Waals surface area contributed by atoms with E-state index in [0.717, 1.165) is 46.5 Å². The highest BCUT2D eigenvalue weighted by Crippen LogP contribution is 2.32. The number of hydrogen-bond donors (Lipinski definition) is 2. The number of carbonyl (C=O) groups excluding carboxylic acids is 1. The third kappa shape index (κ3) is 5.49. The summed E-state index contributed by atoms with van der Waals surface area (Å²) in [5.41, 5.74) is 5.40. The van der Waals surface area contributed by atoms with Gasteiger partial charge in [0.2, 0.25) is 0 Å². The quantitative estimate of drug-likeness (QED) is 0.338. The molecule has 0 unspecified atom stereocenters. The smallest absolute Gasteiger partial charge is 0.410 e. The number of rotatable bonds is 4. The highest BCUT2D eigenvalue weighted by molar-refractivity contribution is 6.21. The van der Waals surface area contributed by atoms with Crippen LogP contribution in [0.15, 0.2) is 72.0 Å². The fourth-order valence-electron chi connectivity index (χ4n) is 4.65. The SMILES string of the molecule is Cc1ccc2c(C(=Nc3ccc(N4CCN(C(=O)OC(C)(C)C)CC4)cc3)c3cccnc3)c(O)[nH]c2c1. The normalized spacial score (nSPS) is 14.7. The Morgan fingerprint density at radius 2 is 1.79 bits per heavy atom. The van der Waals surface area contributed by atoms with Crippen molar-refractivity contribution < 1.29 is 14.6 Å². The number of amides is 1. The number of aromatic amines is 1. The van der Waals surface area contributed by atoms with Gasteiger partial charge in [0, 0.05) is 60.7 Å². The lowest BCUT2D eigenvalue weighted by atomic mass is 10.0. The largest absolute Gasteiger partial charge is 0.494 e. The molecule has 0 bridgehead atoms. The molecular weight excluding hydrogens is 478 g/mol. The Kier molecular flexibility index (Phi) is 6.80. The summed E-state index contributed by atoms with van der Waals surface area (Å²) in [6.45, 7) is 10.3. The Morgan fingerprint density at radius 1 is 1.05 bits per heavy atom. The molecule has 3 heterocycles. The number of pyridine rings is 1. The maximum absolute atomic E-state index is 12.4.